The summed E-state index contributed by atoms with van der Waals surface area (Å²) in [6.07, 6.45) is 0. The number of benzene rings is 2. The van der Waals surface area contributed by atoms with Crippen LogP contribution >= 0.6 is 0 Å². The van der Waals surface area contributed by atoms with Gasteiger partial charge in [0.1, 0.15) is 17.4 Å². The lowest BCUT2D eigenvalue weighted by molar-refractivity contribution is 0.102. The lowest BCUT2D eigenvalue weighted by atomic mass is 10.1. The Morgan fingerprint density at radius 2 is 1.95 bits per heavy atom. The van der Waals surface area contributed by atoms with Crippen LogP contribution in [0.1, 0.15) is 15.9 Å². The molecule has 0 spiro atoms. The third-order valence-corrected chi connectivity index (χ3v) is 2.94. The van der Waals surface area contributed by atoms with E-state index in [0.717, 1.165) is 6.07 Å². The molecular weight excluding hydrogens is 278 g/mol. The Hall–Kier alpha value is -2.47. The molecule has 2 rings (SSSR count). The molecule has 0 unspecified atom stereocenters. The van der Waals surface area contributed by atoms with E-state index in [1.165, 1.54) is 31.4 Å². The fourth-order valence-electron chi connectivity index (χ4n) is 1.78. The summed E-state index contributed by atoms with van der Waals surface area (Å²) in [4.78, 5) is 12.0. The lowest BCUT2D eigenvalue weighted by Crippen LogP contribution is -2.15. The van der Waals surface area contributed by atoms with E-state index < -0.39 is 17.5 Å². The molecule has 0 fully saturated rings. The standard InChI is InChI=1S/C15H14F2N2O2/c1-21-10-3-4-11(12(16)7-10)15(20)19-14-5-2-9(8-18)6-13(14)17/h2-7H,8,18H2,1H3,(H,19,20). The van der Waals surface area contributed by atoms with E-state index in [0.29, 0.717) is 11.3 Å². The summed E-state index contributed by atoms with van der Waals surface area (Å²) in [5.74, 6) is -1.82. The van der Waals surface area contributed by atoms with Crippen LogP contribution in [-0.2, 0) is 6.54 Å². The van der Waals surface area contributed by atoms with Crippen molar-refractivity contribution in [2.24, 2.45) is 5.73 Å². The average molecular weight is 292 g/mol. The second-order valence-corrected chi connectivity index (χ2v) is 4.32. The zero-order chi connectivity index (χ0) is 15.4. The highest BCUT2D eigenvalue weighted by Crippen LogP contribution is 2.20. The number of nitrogens with two attached hydrogens (primary N) is 1. The lowest BCUT2D eigenvalue weighted by Gasteiger charge is -2.09. The van der Waals surface area contributed by atoms with Crippen LogP contribution in [0, 0.1) is 11.6 Å². The number of hydrogen-bond acceptors (Lipinski definition) is 3. The van der Waals surface area contributed by atoms with Crippen LogP contribution < -0.4 is 15.8 Å². The van der Waals surface area contributed by atoms with Crippen molar-refractivity contribution in [1.29, 1.82) is 0 Å². The van der Waals surface area contributed by atoms with E-state index in [9.17, 15) is 13.6 Å². The van der Waals surface area contributed by atoms with Crippen molar-refractivity contribution in [3.05, 3.63) is 59.2 Å². The minimum Gasteiger partial charge on any atom is -0.497 e. The monoisotopic (exact) mass is 292 g/mol. The van der Waals surface area contributed by atoms with Crippen molar-refractivity contribution in [3.63, 3.8) is 0 Å². The van der Waals surface area contributed by atoms with Crippen molar-refractivity contribution >= 4 is 11.6 Å². The molecular formula is C15H14F2N2O2. The first kappa shape index (κ1) is 14.9. The number of nitrogens with one attached hydrogen (secondary N) is 1. The van der Waals surface area contributed by atoms with Gasteiger partial charge in [0.15, 0.2) is 0 Å². The molecule has 0 heterocycles. The second kappa shape index (κ2) is 6.32. The summed E-state index contributed by atoms with van der Waals surface area (Å²) in [6, 6.07) is 8.00. The molecule has 0 bridgehead atoms. The number of anilines is 1. The van der Waals surface area contributed by atoms with Gasteiger partial charge in [0.05, 0.1) is 18.4 Å². The largest absolute Gasteiger partial charge is 0.497 e. The predicted octanol–water partition coefficient (Wildman–Crippen LogP) is 2.68. The van der Waals surface area contributed by atoms with Crippen LogP contribution in [0.2, 0.25) is 0 Å². The first-order valence-corrected chi connectivity index (χ1v) is 6.18. The molecule has 0 atom stereocenters. The topological polar surface area (TPSA) is 64.3 Å². The average Bonchev–Trinajstić information content (AvgIpc) is 2.48. The third-order valence-electron chi connectivity index (χ3n) is 2.94. The number of hydrogen-bond donors (Lipinski definition) is 2. The number of rotatable bonds is 4. The molecule has 0 aromatic heterocycles. The van der Waals surface area contributed by atoms with Gasteiger partial charge in [0, 0.05) is 12.6 Å². The number of carbonyl (C=O) groups is 1. The third kappa shape index (κ3) is 3.35. The number of halogens is 2. The molecule has 0 aliphatic carbocycles. The van der Waals surface area contributed by atoms with Gasteiger partial charge in [0.2, 0.25) is 0 Å². The number of methoxy groups -OCH3 is 1. The highest BCUT2D eigenvalue weighted by Gasteiger charge is 2.14. The molecule has 110 valence electrons. The van der Waals surface area contributed by atoms with Crippen molar-refractivity contribution in [2.45, 2.75) is 6.54 Å². The molecule has 3 N–H and O–H groups in total. The highest BCUT2D eigenvalue weighted by molar-refractivity contribution is 6.04. The summed E-state index contributed by atoms with van der Waals surface area (Å²) in [5.41, 5.74) is 5.76. The van der Waals surface area contributed by atoms with E-state index >= 15 is 0 Å². The Labute approximate surface area is 120 Å². The first-order valence-electron chi connectivity index (χ1n) is 6.18. The molecule has 0 aliphatic heterocycles. The molecule has 0 aliphatic rings. The Balaban J connectivity index is 2.22. The molecule has 21 heavy (non-hydrogen) atoms. The fraction of sp³-hybridized carbons (Fsp3) is 0.133. The SMILES string of the molecule is COc1ccc(C(=O)Nc2ccc(CN)cc2F)c(F)c1. The number of ether oxygens (including phenoxy) is 1. The quantitative estimate of drug-likeness (QED) is 0.910. The Morgan fingerprint density at radius 3 is 2.52 bits per heavy atom. The van der Waals surface area contributed by atoms with Gasteiger partial charge in [-0.3, -0.25) is 4.79 Å². The smallest absolute Gasteiger partial charge is 0.258 e. The zero-order valence-corrected chi connectivity index (χ0v) is 11.3. The van der Waals surface area contributed by atoms with Crippen LogP contribution in [0.3, 0.4) is 0 Å². The van der Waals surface area contributed by atoms with Crippen LogP contribution in [0.4, 0.5) is 14.5 Å². The fourth-order valence-corrected chi connectivity index (χ4v) is 1.78. The molecule has 1 amide bonds. The molecule has 2 aromatic rings. The van der Waals surface area contributed by atoms with Crippen LogP contribution in [0.25, 0.3) is 0 Å². The van der Waals surface area contributed by atoms with E-state index in [4.69, 9.17) is 10.5 Å². The molecule has 4 nitrogen and oxygen atoms in total. The maximum Gasteiger partial charge on any atom is 0.258 e. The summed E-state index contributed by atoms with van der Waals surface area (Å²) in [7, 11) is 1.39. The Kier molecular flexibility index (Phi) is 4.49. The summed E-state index contributed by atoms with van der Waals surface area (Å²) in [6.45, 7) is 0.193. The van der Waals surface area contributed by atoms with Crippen molar-refractivity contribution in [2.75, 3.05) is 12.4 Å². The van der Waals surface area contributed by atoms with Gasteiger partial charge in [-0.15, -0.1) is 0 Å². The Morgan fingerprint density at radius 1 is 1.19 bits per heavy atom. The Bertz CT molecular complexity index is 675. The van der Waals surface area contributed by atoms with E-state index in [-0.39, 0.29) is 17.8 Å². The van der Waals surface area contributed by atoms with E-state index in [1.807, 2.05) is 0 Å². The van der Waals surface area contributed by atoms with Gasteiger partial charge < -0.3 is 15.8 Å². The minimum absolute atomic E-state index is 0.0348. The second-order valence-electron chi connectivity index (χ2n) is 4.32. The predicted molar refractivity (Wildman–Crippen MR) is 75.2 cm³/mol. The molecule has 2 aromatic carbocycles. The molecule has 0 radical (unpaired) electrons. The van der Waals surface area contributed by atoms with Gasteiger partial charge in [-0.25, -0.2) is 8.78 Å². The van der Waals surface area contributed by atoms with Crippen molar-refractivity contribution < 1.29 is 18.3 Å². The van der Waals surface area contributed by atoms with Crippen molar-refractivity contribution in [3.8, 4) is 5.75 Å². The van der Waals surface area contributed by atoms with E-state index in [1.54, 1.807) is 6.07 Å². The molecule has 0 saturated carbocycles. The summed E-state index contributed by atoms with van der Waals surface area (Å²) in [5, 5.41) is 2.32. The maximum absolute atomic E-state index is 13.8. The van der Waals surface area contributed by atoms with Crippen LogP contribution in [-0.4, -0.2) is 13.0 Å². The number of amides is 1. The minimum atomic E-state index is -0.745. The first-order chi connectivity index (χ1) is 10.0. The highest BCUT2D eigenvalue weighted by atomic mass is 19.1. The summed E-state index contributed by atoms with van der Waals surface area (Å²) < 4.78 is 32.4. The maximum atomic E-state index is 13.8. The zero-order valence-electron chi connectivity index (χ0n) is 11.3. The van der Waals surface area contributed by atoms with Crippen molar-refractivity contribution in [1.82, 2.24) is 0 Å². The van der Waals surface area contributed by atoms with Crippen LogP contribution in [0.5, 0.6) is 5.75 Å². The summed E-state index contributed by atoms with van der Waals surface area (Å²) >= 11 is 0. The van der Waals surface area contributed by atoms with Gasteiger partial charge >= 0.3 is 0 Å². The normalized spacial score (nSPS) is 10.3. The van der Waals surface area contributed by atoms with Gasteiger partial charge in [-0.1, -0.05) is 6.07 Å². The van der Waals surface area contributed by atoms with Gasteiger partial charge in [-0.05, 0) is 29.8 Å². The van der Waals surface area contributed by atoms with E-state index in [2.05, 4.69) is 5.32 Å². The van der Waals surface area contributed by atoms with Crippen LogP contribution in [0.15, 0.2) is 36.4 Å². The van der Waals surface area contributed by atoms with Gasteiger partial charge in [0.25, 0.3) is 5.91 Å². The molecule has 6 heteroatoms. The molecule has 0 saturated heterocycles. The number of carbonyl (C=O) groups excluding carboxylic acids is 1. The van der Waals surface area contributed by atoms with Gasteiger partial charge in [-0.2, -0.15) is 0 Å².